The molecule has 0 spiro atoms. The van der Waals surface area contributed by atoms with Crippen LogP contribution in [0.5, 0.6) is 0 Å². The van der Waals surface area contributed by atoms with Gasteiger partial charge in [-0.3, -0.25) is 14.6 Å². The second kappa shape index (κ2) is 10.3. The molecule has 0 saturated heterocycles. The van der Waals surface area contributed by atoms with Crippen LogP contribution in [0.25, 0.3) is 0 Å². The van der Waals surface area contributed by atoms with E-state index in [0.29, 0.717) is 18.8 Å². The highest BCUT2D eigenvalue weighted by molar-refractivity contribution is 5.92. The summed E-state index contributed by atoms with van der Waals surface area (Å²) in [6.07, 6.45) is 3.06. The molecule has 2 rings (SSSR count). The van der Waals surface area contributed by atoms with Gasteiger partial charge in [0.1, 0.15) is 11.5 Å². The first-order valence-electron chi connectivity index (χ1n) is 8.57. The van der Waals surface area contributed by atoms with Gasteiger partial charge in [0.25, 0.3) is 5.91 Å². The Morgan fingerprint density at radius 2 is 1.93 bits per heavy atom. The van der Waals surface area contributed by atoms with Gasteiger partial charge in [0.05, 0.1) is 18.5 Å². The van der Waals surface area contributed by atoms with Crippen molar-refractivity contribution < 1.29 is 18.7 Å². The van der Waals surface area contributed by atoms with Gasteiger partial charge in [0, 0.05) is 39.4 Å². The maximum absolute atomic E-state index is 13.1. The number of hydrogen-bond acceptors (Lipinski definition) is 5. The lowest BCUT2D eigenvalue weighted by molar-refractivity contribution is -0.121. The molecule has 1 aromatic heterocycles. The molecule has 0 bridgehead atoms. The standard InChI is InChI=1S/C19H23FN4O3/c1-14-11-23-17(12-22-14)19(26)24(9-7-18(25)21-8-10-27-2)13-15-3-5-16(20)6-4-15/h3-6,11-12H,7-10,13H2,1-2H3,(H,21,25). The molecule has 0 aliphatic rings. The molecule has 0 atom stereocenters. The number of carbonyl (C=O) groups is 2. The average Bonchev–Trinajstić information content (AvgIpc) is 2.67. The van der Waals surface area contributed by atoms with Crippen molar-refractivity contribution in [3.05, 3.63) is 59.4 Å². The summed E-state index contributed by atoms with van der Waals surface area (Å²) >= 11 is 0. The second-order valence-electron chi connectivity index (χ2n) is 5.99. The van der Waals surface area contributed by atoms with Crippen LogP contribution in [0.15, 0.2) is 36.7 Å². The number of amides is 2. The number of halogens is 1. The number of methoxy groups -OCH3 is 1. The third kappa shape index (κ3) is 6.74. The molecule has 7 nitrogen and oxygen atoms in total. The van der Waals surface area contributed by atoms with E-state index in [9.17, 15) is 14.0 Å². The Morgan fingerprint density at radius 3 is 2.56 bits per heavy atom. The maximum Gasteiger partial charge on any atom is 0.274 e. The molecular weight excluding hydrogens is 351 g/mol. The van der Waals surface area contributed by atoms with Crippen LogP contribution in [0.2, 0.25) is 0 Å². The number of rotatable bonds is 9. The van der Waals surface area contributed by atoms with Crippen molar-refractivity contribution >= 4 is 11.8 Å². The fourth-order valence-corrected chi connectivity index (χ4v) is 2.35. The number of nitrogens with one attached hydrogen (secondary N) is 1. The number of nitrogens with zero attached hydrogens (tertiary/aromatic N) is 3. The van der Waals surface area contributed by atoms with Crippen LogP contribution in [-0.4, -0.2) is 53.5 Å². The van der Waals surface area contributed by atoms with E-state index >= 15 is 0 Å². The molecule has 0 fully saturated rings. The van der Waals surface area contributed by atoms with E-state index in [1.54, 1.807) is 26.2 Å². The van der Waals surface area contributed by atoms with Gasteiger partial charge in [0.15, 0.2) is 0 Å². The van der Waals surface area contributed by atoms with E-state index in [0.717, 1.165) is 5.56 Å². The smallest absolute Gasteiger partial charge is 0.274 e. The second-order valence-corrected chi connectivity index (χ2v) is 5.99. The van der Waals surface area contributed by atoms with Crippen molar-refractivity contribution in [3.63, 3.8) is 0 Å². The van der Waals surface area contributed by atoms with Crippen LogP contribution in [-0.2, 0) is 16.1 Å². The summed E-state index contributed by atoms with van der Waals surface area (Å²) in [5, 5.41) is 2.72. The molecular formula is C19H23FN4O3. The first-order valence-corrected chi connectivity index (χ1v) is 8.57. The Bertz CT molecular complexity index is 751. The molecule has 1 aromatic carbocycles. The van der Waals surface area contributed by atoms with Crippen molar-refractivity contribution in [1.29, 1.82) is 0 Å². The number of carbonyl (C=O) groups excluding carboxylic acids is 2. The summed E-state index contributed by atoms with van der Waals surface area (Å²) in [6, 6.07) is 5.88. The summed E-state index contributed by atoms with van der Waals surface area (Å²) in [4.78, 5) is 34.4. The lowest BCUT2D eigenvalue weighted by Crippen LogP contribution is -2.36. The minimum atomic E-state index is -0.349. The van der Waals surface area contributed by atoms with Gasteiger partial charge in [-0.15, -0.1) is 0 Å². The van der Waals surface area contributed by atoms with Gasteiger partial charge in [-0.05, 0) is 24.6 Å². The SMILES string of the molecule is COCCNC(=O)CCN(Cc1ccc(F)cc1)C(=O)c1cnc(C)cn1. The zero-order valence-corrected chi connectivity index (χ0v) is 15.4. The molecule has 0 unspecified atom stereocenters. The van der Waals surface area contributed by atoms with Crippen LogP contribution in [0, 0.1) is 12.7 Å². The molecule has 27 heavy (non-hydrogen) atoms. The number of ether oxygens (including phenoxy) is 1. The Kier molecular flexibility index (Phi) is 7.81. The van der Waals surface area contributed by atoms with Crippen LogP contribution in [0.4, 0.5) is 4.39 Å². The van der Waals surface area contributed by atoms with Gasteiger partial charge in [-0.25, -0.2) is 9.37 Å². The Balaban J connectivity index is 2.07. The van der Waals surface area contributed by atoms with E-state index < -0.39 is 0 Å². The van der Waals surface area contributed by atoms with Gasteiger partial charge in [-0.1, -0.05) is 12.1 Å². The number of hydrogen-bond donors (Lipinski definition) is 1. The van der Waals surface area contributed by atoms with E-state index in [4.69, 9.17) is 4.74 Å². The van der Waals surface area contributed by atoms with E-state index in [2.05, 4.69) is 15.3 Å². The highest BCUT2D eigenvalue weighted by atomic mass is 19.1. The highest BCUT2D eigenvalue weighted by Gasteiger charge is 2.19. The summed E-state index contributed by atoms with van der Waals surface area (Å²) < 4.78 is 18.0. The van der Waals surface area contributed by atoms with E-state index in [-0.39, 0.29) is 42.8 Å². The van der Waals surface area contributed by atoms with Crippen molar-refractivity contribution in [2.75, 3.05) is 26.8 Å². The van der Waals surface area contributed by atoms with Gasteiger partial charge >= 0.3 is 0 Å². The van der Waals surface area contributed by atoms with Crippen molar-refractivity contribution in [1.82, 2.24) is 20.2 Å². The Morgan fingerprint density at radius 1 is 1.19 bits per heavy atom. The molecule has 0 radical (unpaired) electrons. The van der Waals surface area contributed by atoms with Crippen molar-refractivity contribution in [3.8, 4) is 0 Å². The summed E-state index contributed by atoms with van der Waals surface area (Å²) in [6.45, 7) is 3.04. The summed E-state index contributed by atoms with van der Waals surface area (Å²) in [5.41, 5.74) is 1.65. The number of aromatic nitrogens is 2. The van der Waals surface area contributed by atoms with Gasteiger partial charge in [0.2, 0.25) is 5.91 Å². The lowest BCUT2D eigenvalue weighted by atomic mass is 10.2. The molecule has 0 aliphatic heterocycles. The predicted molar refractivity (Wildman–Crippen MR) is 97.4 cm³/mol. The van der Waals surface area contributed by atoms with Crippen LogP contribution < -0.4 is 5.32 Å². The molecule has 144 valence electrons. The number of benzene rings is 1. The van der Waals surface area contributed by atoms with Crippen molar-refractivity contribution in [2.24, 2.45) is 0 Å². The Labute approximate surface area is 157 Å². The predicted octanol–water partition coefficient (Wildman–Crippen LogP) is 1.72. The fraction of sp³-hybridized carbons (Fsp3) is 0.368. The number of aryl methyl sites for hydroxylation is 1. The topological polar surface area (TPSA) is 84.4 Å². The fourth-order valence-electron chi connectivity index (χ4n) is 2.35. The van der Waals surface area contributed by atoms with Crippen LogP contribution in [0.1, 0.15) is 28.2 Å². The third-order valence-electron chi connectivity index (χ3n) is 3.81. The average molecular weight is 374 g/mol. The highest BCUT2D eigenvalue weighted by Crippen LogP contribution is 2.10. The molecule has 1 N–H and O–H groups in total. The zero-order valence-electron chi connectivity index (χ0n) is 15.4. The monoisotopic (exact) mass is 374 g/mol. The quantitative estimate of drug-likeness (QED) is 0.676. The van der Waals surface area contributed by atoms with Gasteiger partial charge in [-0.2, -0.15) is 0 Å². The molecule has 8 heteroatoms. The van der Waals surface area contributed by atoms with Crippen LogP contribution in [0.3, 0.4) is 0 Å². The summed E-state index contributed by atoms with van der Waals surface area (Å²) in [5.74, 6) is -0.867. The van der Waals surface area contributed by atoms with E-state index in [1.165, 1.54) is 29.4 Å². The minimum Gasteiger partial charge on any atom is -0.383 e. The molecule has 1 heterocycles. The molecule has 0 saturated carbocycles. The summed E-state index contributed by atoms with van der Waals surface area (Å²) in [7, 11) is 1.55. The largest absolute Gasteiger partial charge is 0.383 e. The molecule has 2 amide bonds. The lowest BCUT2D eigenvalue weighted by Gasteiger charge is -2.22. The van der Waals surface area contributed by atoms with Crippen molar-refractivity contribution in [2.45, 2.75) is 19.9 Å². The normalized spacial score (nSPS) is 10.5. The van der Waals surface area contributed by atoms with Crippen LogP contribution >= 0.6 is 0 Å². The molecule has 0 aliphatic carbocycles. The first-order chi connectivity index (χ1) is 13.0. The van der Waals surface area contributed by atoms with Gasteiger partial charge < -0.3 is 15.0 Å². The molecule has 2 aromatic rings. The zero-order chi connectivity index (χ0) is 19.6. The first kappa shape index (κ1) is 20.4. The third-order valence-corrected chi connectivity index (χ3v) is 3.81. The Hall–Kier alpha value is -2.87. The maximum atomic E-state index is 13.1. The minimum absolute atomic E-state index is 0.135. The van der Waals surface area contributed by atoms with E-state index in [1.807, 2.05) is 0 Å².